The maximum atomic E-state index is 13.4. The number of amides is 1. The van der Waals surface area contributed by atoms with Crippen LogP contribution in [-0.2, 0) is 33.2 Å². The first kappa shape index (κ1) is 86.2. The first-order valence-corrected chi connectivity index (χ1v) is 37.3. The molecule has 3 heterocycles. The minimum Gasteiger partial charge on any atom is -0.394 e. The predicted octanol–water partition coefficient (Wildman–Crippen LogP) is 11.1. The summed E-state index contributed by atoms with van der Waals surface area (Å²) in [5.74, 6) is -0.245. The van der Waals surface area contributed by atoms with E-state index in [0.29, 0.717) is 12.8 Å². The minimum absolute atomic E-state index is 0.245. The van der Waals surface area contributed by atoms with Crippen LogP contribution >= 0.6 is 0 Å². The van der Waals surface area contributed by atoms with Gasteiger partial charge in [-0.25, -0.2) is 0 Å². The summed E-state index contributed by atoms with van der Waals surface area (Å²) in [5.41, 5.74) is 0. The highest BCUT2D eigenvalue weighted by atomic mass is 16.8. The summed E-state index contributed by atoms with van der Waals surface area (Å²) in [4.78, 5) is 13.4. The quantitative estimate of drug-likeness (QED) is 0.0199. The fourth-order valence-electron chi connectivity index (χ4n) is 12.2. The van der Waals surface area contributed by atoms with Gasteiger partial charge in [-0.1, -0.05) is 266 Å². The molecule has 3 saturated heterocycles. The Labute approximate surface area is 571 Å². The summed E-state index contributed by atoms with van der Waals surface area (Å²) in [7, 11) is 0. The molecular formula is C76H133NO18. The highest BCUT2D eigenvalue weighted by Gasteiger charge is 2.53. The van der Waals surface area contributed by atoms with E-state index in [1.54, 1.807) is 0 Å². The Hall–Kier alpha value is -3.03. The maximum Gasteiger partial charge on any atom is 0.220 e. The Morgan fingerprint density at radius 2 is 0.726 bits per heavy atom. The molecule has 0 aliphatic carbocycles. The first-order valence-electron chi connectivity index (χ1n) is 37.3. The average molecular weight is 1350 g/mol. The summed E-state index contributed by atoms with van der Waals surface area (Å²) < 4.78 is 34.4. The van der Waals surface area contributed by atoms with Gasteiger partial charge in [-0.2, -0.15) is 0 Å². The molecule has 0 bridgehead atoms. The second kappa shape index (κ2) is 56.7. The number of allylic oxidation sites excluding steroid dienone is 14. The largest absolute Gasteiger partial charge is 0.394 e. The Kier molecular flexibility index (Phi) is 51.4. The van der Waals surface area contributed by atoms with E-state index in [1.165, 1.54) is 128 Å². The van der Waals surface area contributed by atoms with Crippen molar-refractivity contribution in [2.24, 2.45) is 0 Å². The molecule has 3 aliphatic heterocycles. The lowest BCUT2D eigenvalue weighted by atomic mass is 9.96. The van der Waals surface area contributed by atoms with Gasteiger partial charge in [-0.05, 0) is 70.6 Å². The molecule has 1 amide bonds. The van der Waals surface area contributed by atoms with Gasteiger partial charge >= 0.3 is 0 Å². The van der Waals surface area contributed by atoms with Gasteiger partial charge in [-0.15, -0.1) is 0 Å². The van der Waals surface area contributed by atoms with Gasteiger partial charge in [-0.3, -0.25) is 4.79 Å². The topological polar surface area (TPSA) is 307 Å². The molecule has 95 heavy (non-hydrogen) atoms. The van der Waals surface area contributed by atoms with Crippen LogP contribution in [0.1, 0.15) is 258 Å². The number of aliphatic hydroxyl groups excluding tert-OH is 11. The van der Waals surface area contributed by atoms with Gasteiger partial charge in [0.1, 0.15) is 73.2 Å². The maximum absolute atomic E-state index is 13.4. The zero-order chi connectivity index (χ0) is 68.9. The van der Waals surface area contributed by atoms with Crippen LogP contribution in [0.25, 0.3) is 0 Å². The number of hydrogen-bond donors (Lipinski definition) is 12. The normalized spacial score (nSPS) is 27.7. The number of nitrogens with one attached hydrogen (secondary N) is 1. The van der Waals surface area contributed by atoms with Crippen LogP contribution in [0.4, 0.5) is 0 Å². The first-order chi connectivity index (χ1) is 46.3. The number of unbranched alkanes of at least 4 members (excludes halogenated alkanes) is 27. The van der Waals surface area contributed by atoms with Crippen LogP contribution in [0.3, 0.4) is 0 Å². The van der Waals surface area contributed by atoms with E-state index in [-0.39, 0.29) is 18.9 Å². The highest BCUT2D eigenvalue weighted by Crippen LogP contribution is 2.33. The molecule has 19 heteroatoms. The van der Waals surface area contributed by atoms with Crippen LogP contribution in [0.15, 0.2) is 85.1 Å². The minimum atomic E-state index is -1.97. The Balaban J connectivity index is 1.32. The number of rotatable bonds is 57. The molecule has 3 fully saturated rings. The summed E-state index contributed by atoms with van der Waals surface area (Å²) in [5, 5.41) is 121. The number of carbonyl (C=O) groups is 1. The van der Waals surface area contributed by atoms with Crippen LogP contribution < -0.4 is 5.32 Å². The Morgan fingerprint density at radius 1 is 0.389 bits per heavy atom. The van der Waals surface area contributed by atoms with E-state index in [9.17, 15) is 61.0 Å². The van der Waals surface area contributed by atoms with Gasteiger partial charge in [0.15, 0.2) is 18.9 Å². The molecule has 3 aliphatic rings. The fourth-order valence-corrected chi connectivity index (χ4v) is 12.2. The second-order valence-corrected chi connectivity index (χ2v) is 26.4. The van der Waals surface area contributed by atoms with Crippen molar-refractivity contribution >= 4 is 5.91 Å². The third kappa shape index (κ3) is 37.8. The smallest absolute Gasteiger partial charge is 0.220 e. The van der Waals surface area contributed by atoms with Crippen molar-refractivity contribution in [3.63, 3.8) is 0 Å². The highest BCUT2D eigenvalue weighted by molar-refractivity contribution is 5.76. The summed E-state index contributed by atoms with van der Waals surface area (Å²) in [6, 6.07) is -0.890. The molecule has 17 atom stereocenters. The van der Waals surface area contributed by atoms with Crippen LogP contribution in [-0.4, -0.2) is 193 Å². The van der Waals surface area contributed by atoms with E-state index in [4.69, 9.17) is 28.4 Å². The van der Waals surface area contributed by atoms with Gasteiger partial charge < -0.3 is 89.9 Å². The lowest BCUT2D eigenvalue weighted by molar-refractivity contribution is -0.379. The van der Waals surface area contributed by atoms with E-state index in [0.717, 1.165) is 96.3 Å². The van der Waals surface area contributed by atoms with Crippen molar-refractivity contribution in [1.29, 1.82) is 0 Å². The molecule has 0 radical (unpaired) electrons. The van der Waals surface area contributed by atoms with Gasteiger partial charge in [0.05, 0.1) is 38.6 Å². The SMILES string of the molecule is CC/C=C\C/C=C\C/C=C\C/C=C\C/C=C\C/C=C\C/C=C\CCCCCCCCCCCCCCCCCC(=O)NC(COC1OC(CO)C(OC2OC(CO)C(OC3OC(CO)C(O)C(O)C3O)C(O)C2O)C(O)C1O)C(O)CCCCCCCCCCCCCCC. The Morgan fingerprint density at radius 3 is 1.14 bits per heavy atom. The van der Waals surface area contributed by atoms with Crippen molar-refractivity contribution in [3.8, 4) is 0 Å². The number of ether oxygens (including phenoxy) is 6. The lowest BCUT2D eigenvalue weighted by Gasteiger charge is -2.48. The molecule has 0 aromatic carbocycles. The average Bonchev–Trinajstić information content (AvgIpc) is 0.791. The summed E-state index contributed by atoms with van der Waals surface area (Å²) in [6.45, 7) is 1.68. The molecular weight excluding hydrogens is 1210 g/mol. The molecule has 19 nitrogen and oxygen atoms in total. The number of hydrogen-bond acceptors (Lipinski definition) is 18. The summed E-state index contributed by atoms with van der Waals surface area (Å²) in [6.07, 6.45) is 46.8. The number of carbonyl (C=O) groups excluding carboxylic acids is 1. The molecule has 12 N–H and O–H groups in total. The van der Waals surface area contributed by atoms with Crippen molar-refractivity contribution < 1.29 is 89.4 Å². The molecule has 0 aromatic heterocycles. The standard InChI is InChI=1S/C76H133NO18/c1-3-5-7-9-11-13-15-17-18-19-20-21-22-23-24-25-26-27-28-29-30-31-32-33-34-35-36-37-38-39-40-42-44-46-48-50-52-54-64(82)77-59(60(81)53-51-49-47-45-43-41-16-14-12-10-8-6-4-2)58-90-74-70(88)67(85)72(62(56-79)92-74)95-76-71(89)68(86)73(63(57-80)93-76)94-75-69(87)66(84)65(83)61(55-78)91-75/h5,7,11,13,17-18,20-21,23-24,26-27,29-30,59-63,65-76,78-81,83-89H,3-4,6,8-10,12,14-16,19,22,25,28,31-58H2,1-2H3,(H,77,82)/b7-5-,13-11-,18-17-,21-20-,24-23-,27-26-,30-29-. The van der Waals surface area contributed by atoms with Gasteiger partial charge in [0.2, 0.25) is 5.91 Å². The molecule has 17 unspecified atom stereocenters. The van der Waals surface area contributed by atoms with Gasteiger partial charge in [0, 0.05) is 6.42 Å². The fraction of sp³-hybridized carbons (Fsp3) is 0.803. The Bertz CT molecular complexity index is 2050. The van der Waals surface area contributed by atoms with Crippen molar-refractivity contribution in [1.82, 2.24) is 5.32 Å². The van der Waals surface area contributed by atoms with Crippen LogP contribution in [0.5, 0.6) is 0 Å². The zero-order valence-electron chi connectivity index (χ0n) is 58.4. The third-order valence-corrected chi connectivity index (χ3v) is 18.2. The number of aliphatic hydroxyl groups is 11. The van der Waals surface area contributed by atoms with Crippen LogP contribution in [0.2, 0.25) is 0 Å². The van der Waals surface area contributed by atoms with E-state index >= 15 is 0 Å². The summed E-state index contributed by atoms with van der Waals surface area (Å²) >= 11 is 0. The zero-order valence-corrected chi connectivity index (χ0v) is 58.4. The van der Waals surface area contributed by atoms with Crippen molar-refractivity contribution in [3.05, 3.63) is 85.1 Å². The van der Waals surface area contributed by atoms with Crippen molar-refractivity contribution in [2.75, 3.05) is 26.4 Å². The van der Waals surface area contributed by atoms with E-state index < -0.39 is 124 Å². The molecule has 550 valence electrons. The van der Waals surface area contributed by atoms with Crippen molar-refractivity contribution in [2.45, 2.75) is 362 Å². The molecule has 0 saturated carbocycles. The van der Waals surface area contributed by atoms with Crippen LogP contribution in [0, 0.1) is 0 Å². The third-order valence-electron chi connectivity index (χ3n) is 18.2. The molecule has 3 rings (SSSR count). The monoisotopic (exact) mass is 1350 g/mol. The molecule has 0 spiro atoms. The van der Waals surface area contributed by atoms with E-state index in [2.05, 4.69) is 104 Å². The van der Waals surface area contributed by atoms with Gasteiger partial charge in [0.25, 0.3) is 0 Å². The lowest BCUT2D eigenvalue weighted by Crippen LogP contribution is -2.66. The molecule has 0 aromatic rings. The second-order valence-electron chi connectivity index (χ2n) is 26.4. The van der Waals surface area contributed by atoms with E-state index in [1.807, 2.05) is 0 Å². The predicted molar refractivity (Wildman–Crippen MR) is 374 cm³/mol.